The van der Waals surface area contributed by atoms with Crippen LogP contribution in [0.1, 0.15) is 43.0 Å². The van der Waals surface area contributed by atoms with Gasteiger partial charge in [-0.2, -0.15) is 0 Å². The van der Waals surface area contributed by atoms with E-state index in [0.717, 1.165) is 18.9 Å². The lowest BCUT2D eigenvalue weighted by molar-refractivity contribution is -0.128. The quantitative estimate of drug-likeness (QED) is 0.880. The van der Waals surface area contributed by atoms with E-state index >= 15 is 0 Å². The van der Waals surface area contributed by atoms with E-state index in [4.69, 9.17) is 0 Å². The number of hydrogen-bond donors (Lipinski definition) is 1. The maximum absolute atomic E-state index is 12.0. The summed E-state index contributed by atoms with van der Waals surface area (Å²) in [7, 11) is 0. The average Bonchev–Trinajstić information content (AvgIpc) is 3.14. The van der Waals surface area contributed by atoms with E-state index in [9.17, 15) is 4.79 Å². The Morgan fingerprint density at radius 1 is 1.37 bits per heavy atom. The number of nitrogens with zero attached hydrogens (tertiary/aromatic N) is 1. The van der Waals surface area contributed by atoms with Crippen LogP contribution in [0.3, 0.4) is 0 Å². The fourth-order valence-electron chi connectivity index (χ4n) is 2.89. The van der Waals surface area contributed by atoms with Crippen LogP contribution in [0.15, 0.2) is 24.3 Å². The minimum Gasteiger partial charge on any atom is -0.322 e. The van der Waals surface area contributed by atoms with Crippen molar-refractivity contribution in [3.05, 3.63) is 35.4 Å². The summed E-state index contributed by atoms with van der Waals surface area (Å²) in [5.41, 5.74) is 2.45. The predicted octanol–water partition coefficient (Wildman–Crippen LogP) is 2.62. The van der Waals surface area contributed by atoms with Crippen LogP contribution in [0.4, 0.5) is 0 Å². The van der Waals surface area contributed by atoms with Crippen molar-refractivity contribution in [3.8, 4) is 0 Å². The molecule has 0 radical (unpaired) electrons. The number of aryl methyl sites for hydroxylation is 1. The number of nitrogens with one attached hydrogen (secondary N) is 1. The Morgan fingerprint density at radius 3 is 2.95 bits per heavy atom. The molecule has 1 atom stereocenters. The lowest BCUT2D eigenvalue weighted by atomic mass is 10.1. The third-order valence-corrected chi connectivity index (χ3v) is 4.14. The molecule has 1 aliphatic heterocycles. The van der Waals surface area contributed by atoms with Gasteiger partial charge in [0, 0.05) is 6.54 Å². The number of amides is 1. The maximum Gasteiger partial charge on any atom is 0.238 e. The maximum atomic E-state index is 12.0. The molecule has 1 amide bonds. The van der Waals surface area contributed by atoms with Gasteiger partial charge in [-0.25, -0.2) is 0 Å². The highest BCUT2D eigenvalue weighted by atomic mass is 16.2. The predicted molar refractivity (Wildman–Crippen MR) is 75.6 cm³/mol. The summed E-state index contributed by atoms with van der Waals surface area (Å²) >= 11 is 0. The first kappa shape index (κ1) is 12.7. The van der Waals surface area contributed by atoms with Crippen molar-refractivity contribution in [2.45, 2.75) is 38.8 Å². The van der Waals surface area contributed by atoms with Gasteiger partial charge in [0.15, 0.2) is 0 Å². The fourth-order valence-corrected chi connectivity index (χ4v) is 2.89. The Morgan fingerprint density at radius 2 is 2.21 bits per heavy atom. The molecular formula is C16H22N2O. The normalized spacial score (nSPS) is 23.1. The molecule has 1 heterocycles. The third kappa shape index (κ3) is 2.98. The van der Waals surface area contributed by atoms with Crippen molar-refractivity contribution in [2.75, 3.05) is 13.1 Å². The summed E-state index contributed by atoms with van der Waals surface area (Å²) in [5.74, 6) is 1.19. The van der Waals surface area contributed by atoms with E-state index in [1.54, 1.807) is 0 Å². The second-order valence-corrected chi connectivity index (χ2v) is 5.87. The van der Waals surface area contributed by atoms with Crippen molar-refractivity contribution in [1.29, 1.82) is 0 Å². The lowest BCUT2D eigenvalue weighted by Crippen LogP contribution is -2.31. The van der Waals surface area contributed by atoms with Gasteiger partial charge in [0.25, 0.3) is 0 Å². The minimum atomic E-state index is 0.0756. The van der Waals surface area contributed by atoms with Gasteiger partial charge in [-0.3, -0.25) is 10.1 Å². The standard InChI is InChI=1S/C16H22N2O/c1-12-4-2-6-14(10-12)16-17-11-15(19)18(16)9-3-5-13-7-8-13/h2,4,6,10,13,16-17H,3,5,7-9,11H2,1H3. The molecule has 19 heavy (non-hydrogen) atoms. The van der Waals surface area contributed by atoms with Gasteiger partial charge in [-0.15, -0.1) is 0 Å². The minimum absolute atomic E-state index is 0.0756. The molecular weight excluding hydrogens is 236 g/mol. The summed E-state index contributed by atoms with van der Waals surface area (Å²) < 4.78 is 0. The summed E-state index contributed by atoms with van der Waals surface area (Å²) in [6.07, 6.45) is 5.29. The van der Waals surface area contributed by atoms with Crippen molar-refractivity contribution in [3.63, 3.8) is 0 Å². The van der Waals surface area contributed by atoms with E-state index in [1.165, 1.54) is 30.4 Å². The molecule has 1 N–H and O–H groups in total. The van der Waals surface area contributed by atoms with Gasteiger partial charge >= 0.3 is 0 Å². The number of benzene rings is 1. The molecule has 0 bridgehead atoms. The van der Waals surface area contributed by atoms with Crippen LogP contribution in [0.2, 0.25) is 0 Å². The van der Waals surface area contributed by atoms with Crippen molar-refractivity contribution >= 4 is 5.91 Å². The molecule has 2 aliphatic rings. The Labute approximate surface area is 115 Å². The zero-order valence-electron chi connectivity index (χ0n) is 11.6. The van der Waals surface area contributed by atoms with E-state index < -0.39 is 0 Å². The van der Waals surface area contributed by atoms with Crippen molar-refractivity contribution < 1.29 is 4.79 Å². The second kappa shape index (κ2) is 5.33. The Balaban J connectivity index is 1.66. The molecule has 1 unspecified atom stereocenters. The van der Waals surface area contributed by atoms with E-state index in [2.05, 4.69) is 36.5 Å². The Bertz CT molecular complexity index is 468. The molecule has 1 saturated carbocycles. The Hall–Kier alpha value is -1.35. The zero-order chi connectivity index (χ0) is 13.2. The Kier molecular flexibility index (Phi) is 3.56. The second-order valence-electron chi connectivity index (χ2n) is 5.87. The molecule has 1 aromatic rings. The summed E-state index contributed by atoms with van der Waals surface area (Å²) in [5, 5.41) is 3.33. The molecule has 3 rings (SSSR count). The molecule has 1 aromatic carbocycles. The first-order valence-electron chi connectivity index (χ1n) is 7.33. The first-order valence-corrected chi connectivity index (χ1v) is 7.33. The van der Waals surface area contributed by atoms with E-state index in [0.29, 0.717) is 6.54 Å². The van der Waals surface area contributed by atoms with E-state index in [1.807, 2.05) is 4.90 Å². The largest absolute Gasteiger partial charge is 0.322 e. The van der Waals surface area contributed by atoms with Gasteiger partial charge in [0.05, 0.1) is 6.54 Å². The van der Waals surface area contributed by atoms with Crippen LogP contribution >= 0.6 is 0 Å². The molecule has 1 saturated heterocycles. The van der Waals surface area contributed by atoms with Crippen LogP contribution in [-0.2, 0) is 4.79 Å². The van der Waals surface area contributed by atoms with Gasteiger partial charge in [-0.05, 0) is 31.2 Å². The molecule has 2 fully saturated rings. The third-order valence-electron chi connectivity index (χ3n) is 4.14. The number of carbonyl (C=O) groups excluding carboxylic acids is 1. The smallest absolute Gasteiger partial charge is 0.238 e. The summed E-state index contributed by atoms with van der Waals surface area (Å²) in [6.45, 7) is 3.46. The van der Waals surface area contributed by atoms with Crippen LogP contribution < -0.4 is 5.32 Å². The topological polar surface area (TPSA) is 32.3 Å². The molecule has 102 valence electrons. The molecule has 0 aromatic heterocycles. The molecule has 0 spiro atoms. The monoisotopic (exact) mass is 258 g/mol. The fraction of sp³-hybridized carbons (Fsp3) is 0.562. The number of hydrogen-bond acceptors (Lipinski definition) is 2. The van der Waals surface area contributed by atoms with Gasteiger partial charge in [-0.1, -0.05) is 42.7 Å². The van der Waals surface area contributed by atoms with Crippen LogP contribution in [0, 0.1) is 12.8 Å². The van der Waals surface area contributed by atoms with Crippen LogP contribution in [0.25, 0.3) is 0 Å². The summed E-state index contributed by atoms with van der Waals surface area (Å²) in [6, 6.07) is 8.44. The zero-order valence-corrected chi connectivity index (χ0v) is 11.6. The van der Waals surface area contributed by atoms with Gasteiger partial charge in [0.1, 0.15) is 6.17 Å². The van der Waals surface area contributed by atoms with Gasteiger partial charge < -0.3 is 4.90 Å². The highest BCUT2D eigenvalue weighted by Crippen LogP contribution is 2.34. The highest BCUT2D eigenvalue weighted by Gasteiger charge is 2.31. The van der Waals surface area contributed by atoms with E-state index in [-0.39, 0.29) is 12.1 Å². The molecule has 1 aliphatic carbocycles. The molecule has 3 nitrogen and oxygen atoms in total. The number of carbonyl (C=O) groups is 1. The lowest BCUT2D eigenvalue weighted by Gasteiger charge is -2.25. The van der Waals surface area contributed by atoms with Crippen molar-refractivity contribution in [2.24, 2.45) is 5.92 Å². The SMILES string of the molecule is Cc1cccc(C2NCC(=O)N2CCCC2CC2)c1. The number of rotatable bonds is 5. The van der Waals surface area contributed by atoms with Crippen LogP contribution in [0.5, 0.6) is 0 Å². The first-order chi connectivity index (χ1) is 9.24. The highest BCUT2D eigenvalue weighted by molar-refractivity contribution is 5.80. The van der Waals surface area contributed by atoms with Crippen molar-refractivity contribution in [1.82, 2.24) is 10.2 Å². The van der Waals surface area contributed by atoms with Gasteiger partial charge in [0.2, 0.25) is 5.91 Å². The van der Waals surface area contributed by atoms with Crippen LogP contribution in [-0.4, -0.2) is 23.9 Å². The summed E-state index contributed by atoms with van der Waals surface area (Å²) in [4.78, 5) is 14.0. The average molecular weight is 258 g/mol. The molecule has 3 heteroatoms.